The molecule has 2 N–H and O–H groups in total. The van der Waals surface area contributed by atoms with Crippen LogP contribution in [0.3, 0.4) is 0 Å². The van der Waals surface area contributed by atoms with Gasteiger partial charge in [0.2, 0.25) is 0 Å². The monoisotopic (exact) mass is 277 g/mol. The number of hydrogen-bond donors (Lipinski definition) is 1. The Bertz CT molecular complexity index is 394. The summed E-state index contributed by atoms with van der Waals surface area (Å²) in [7, 11) is 0. The standard InChI is InChI=1S/C13H18F3NO2/c1-10-2-3-12(11(8-10)4-5-17)19-7-6-18-9-13(14,15)16/h2-3,8H,4-7,9,17H2,1H3. The van der Waals surface area contributed by atoms with E-state index in [0.29, 0.717) is 18.7 Å². The van der Waals surface area contributed by atoms with Gasteiger partial charge >= 0.3 is 6.18 Å². The average Bonchev–Trinajstić information content (AvgIpc) is 2.30. The molecule has 0 aliphatic rings. The van der Waals surface area contributed by atoms with E-state index in [-0.39, 0.29) is 13.2 Å². The molecule has 0 amide bonds. The highest BCUT2D eigenvalue weighted by molar-refractivity contribution is 5.37. The molecule has 6 heteroatoms. The van der Waals surface area contributed by atoms with Crippen LogP contribution in [0.15, 0.2) is 18.2 Å². The smallest absolute Gasteiger partial charge is 0.411 e. The van der Waals surface area contributed by atoms with Crippen LogP contribution < -0.4 is 10.5 Å². The largest absolute Gasteiger partial charge is 0.491 e. The van der Waals surface area contributed by atoms with Crippen molar-refractivity contribution in [3.8, 4) is 5.75 Å². The minimum atomic E-state index is -4.30. The summed E-state index contributed by atoms with van der Waals surface area (Å²) in [5, 5.41) is 0. The molecule has 0 bridgehead atoms. The fraction of sp³-hybridized carbons (Fsp3) is 0.538. The van der Waals surface area contributed by atoms with E-state index in [1.165, 1.54) is 0 Å². The van der Waals surface area contributed by atoms with Crippen molar-refractivity contribution in [1.29, 1.82) is 0 Å². The van der Waals surface area contributed by atoms with Crippen LogP contribution in [0.4, 0.5) is 13.2 Å². The molecule has 19 heavy (non-hydrogen) atoms. The molecule has 3 nitrogen and oxygen atoms in total. The van der Waals surface area contributed by atoms with Gasteiger partial charge in [-0.05, 0) is 31.5 Å². The van der Waals surface area contributed by atoms with E-state index in [2.05, 4.69) is 4.74 Å². The van der Waals surface area contributed by atoms with E-state index in [1.807, 2.05) is 19.1 Å². The van der Waals surface area contributed by atoms with E-state index < -0.39 is 12.8 Å². The molecule has 0 aromatic heterocycles. The van der Waals surface area contributed by atoms with Crippen molar-refractivity contribution >= 4 is 0 Å². The number of benzene rings is 1. The molecule has 0 heterocycles. The van der Waals surface area contributed by atoms with Gasteiger partial charge in [-0.1, -0.05) is 17.7 Å². The molecule has 1 aromatic rings. The molecule has 0 aliphatic carbocycles. The minimum Gasteiger partial charge on any atom is -0.491 e. The molecule has 0 saturated carbocycles. The summed E-state index contributed by atoms with van der Waals surface area (Å²) in [5.41, 5.74) is 7.54. The van der Waals surface area contributed by atoms with Gasteiger partial charge in [-0.2, -0.15) is 13.2 Å². The van der Waals surface area contributed by atoms with Crippen LogP contribution in [-0.4, -0.2) is 32.5 Å². The molecule has 0 aliphatic heterocycles. The Labute approximate surface area is 110 Å². The van der Waals surface area contributed by atoms with Gasteiger partial charge in [-0.25, -0.2) is 0 Å². The molecule has 1 rings (SSSR count). The average molecular weight is 277 g/mol. The Morgan fingerprint density at radius 1 is 1.21 bits per heavy atom. The zero-order valence-corrected chi connectivity index (χ0v) is 10.8. The lowest BCUT2D eigenvalue weighted by molar-refractivity contribution is -0.175. The number of aryl methyl sites for hydroxylation is 1. The molecule has 0 atom stereocenters. The molecule has 0 saturated heterocycles. The summed E-state index contributed by atoms with van der Waals surface area (Å²) >= 11 is 0. The van der Waals surface area contributed by atoms with Crippen molar-refractivity contribution in [1.82, 2.24) is 0 Å². The molecule has 0 spiro atoms. The van der Waals surface area contributed by atoms with Gasteiger partial charge in [0.05, 0.1) is 6.61 Å². The number of alkyl halides is 3. The van der Waals surface area contributed by atoms with E-state index in [1.54, 1.807) is 6.07 Å². The topological polar surface area (TPSA) is 44.5 Å². The fourth-order valence-corrected chi connectivity index (χ4v) is 1.60. The number of hydrogen-bond acceptors (Lipinski definition) is 3. The summed E-state index contributed by atoms with van der Waals surface area (Å²) in [6.45, 7) is 1.17. The molecular weight excluding hydrogens is 259 g/mol. The predicted octanol–water partition coefficient (Wildman–Crippen LogP) is 2.45. The van der Waals surface area contributed by atoms with Crippen molar-refractivity contribution in [3.63, 3.8) is 0 Å². The molecule has 0 unspecified atom stereocenters. The van der Waals surface area contributed by atoms with Crippen molar-refractivity contribution in [2.75, 3.05) is 26.4 Å². The summed E-state index contributed by atoms with van der Waals surface area (Å²) < 4.78 is 45.4. The quantitative estimate of drug-likeness (QED) is 0.779. The first-order valence-electron chi connectivity index (χ1n) is 5.99. The predicted molar refractivity (Wildman–Crippen MR) is 66.3 cm³/mol. The van der Waals surface area contributed by atoms with Gasteiger partial charge in [0, 0.05) is 0 Å². The van der Waals surface area contributed by atoms with Crippen molar-refractivity contribution in [2.45, 2.75) is 19.5 Å². The zero-order chi connectivity index (χ0) is 14.3. The van der Waals surface area contributed by atoms with Crippen LogP contribution in [0.5, 0.6) is 5.75 Å². The number of rotatable bonds is 7. The summed E-state index contributed by atoms with van der Waals surface area (Å²) in [5.74, 6) is 0.645. The Morgan fingerprint density at radius 3 is 2.58 bits per heavy atom. The van der Waals surface area contributed by atoms with Crippen LogP contribution in [0.25, 0.3) is 0 Å². The van der Waals surface area contributed by atoms with Gasteiger partial charge in [0.25, 0.3) is 0 Å². The highest BCUT2D eigenvalue weighted by atomic mass is 19.4. The first-order chi connectivity index (χ1) is 8.92. The number of nitrogens with two attached hydrogens (primary N) is 1. The van der Waals surface area contributed by atoms with Gasteiger partial charge in [-0.3, -0.25) is 0 Å². The maximum Gasteiger partial charge on any atom is 0.411 e. The Morgan fingerprint density at radius 2 is 1.95 bits per heavy atom. The van der Waals surface area contributed by atoms with Gasteiger partial charge in [0.15, 0.2) is 0 Å². The first kappa shape index (κ1) is 15.8. The maximum atomic E-state index is 11.8. The van der Waals surface area contributed by atoms with Gasteiger partial charge in [-0.15, -0.1) is 0 Å². The van der Waals surface area contributed by atoms with E-state index in [9.17, 15) is 13.2 Å². The van der Waals surface area contributed by atoms with Crippen LogP contribution in [0.1, 0.15) is 11.1 Å². The maximum absolute atomic E-state index is 11.8. The van der Waals surface area contributed by atoms with Crippen molar-refractivity contribution in [2.24, 2.45) is 5.73 Å². The summed E-state index contributed by atoms with van der Waals surface area (Å²) in [4.78, 5) is 0. The van der Waals surface area contributed by atoms with E-state index in [0.717, 1.165) is 11.1 Å². The molecule has 0 fully saturated rings. The lowest BCUT2D eigenvalue weighted by Crippen LogP contribution is -2.19. The highest BCUT2D eigenvalue weighted by Crippen LogP contribution is 2.20. The second-order valence-corrected chi connectivity index (χ2v) is 4.17. The Hall–Kier alpha value is -1.27. The highest BCUT2D eigenvalue weighted by Gasteiger charge is 2.27. The minimum absolute atomic E-state index is 0.0801. The summed E-state index contributed by atoms with van der Waals surface area (Å²) in [6, 6.07) is 5.63. The molecule has 1 aromatic carbocycles. The first-order valence-corrected chi connectivity index (χ1v) is 5.99. The lowest BCUT2D eigenvalue weighted by Gasteiger charge is -2.12. The molecule has 0 radical (unpaired) electrons. The zero-order valence-electron chi connectivity index (χ0n) is 10.8. The van der Waals surface area contributed by atoms with E-state index >= 15 is 0 Å². The van der Waals surface area contributed by atoms with Crippen molar-refractivity contribution < 1.29 is 22.6 Å². The van der Waals surface area contributed by atoms with Crippen molar-refractivity contribution in [3.05, 3.63) is 29.3 Å². The summed E-state index contributed by atoms with van der Waals surface area (Å²) in [6.07, 6.45) is -3.63. The number of halogens is 3. The van der Waals surface area contributed by atoms with Crippen LogP contribution in [-0.2, 0) is 11.2 Å². The van der Waals surface area contributed by atoms with Crippen LogP contribution in [0.2, 0.25) is 0 Å². The number of ether oxygens (including phenoxy) is 2. The van der Waals surface area contributed by atoms with Crippen LogP contribution in [0, 0.1) is 6.92 Å². The van der Waals surface area contributed by atoms with Gasteiger partial charge < -0.3 is 15.2 Å². The van der Waals surface area contributed by atoms with Crippen LogP contribution >= 0.6 is 0 Å². The molecular formula is C13H18F3NO2. The normalized spacial score (nSPS) is 11.6. The second-order valence-electron chi connectivity index (χ2n) is 4.17. The Kier molecular flexibility index (Phi) is 6.11. The fourth-order valence-electron chi connectivity index (χ4n) is 1.60. The van der Waals surface area contributed by atoms with Gasteiger partial charge in [0.1, 0.15) is 19.0 Å². The SMILES string of the molecule is Cc1ccc(OCCOCC(F)(F)F)c(CCN)c1. The third-order valence-electron chi connectivity index (χ3n) is 2.38. The third kappa shape index (κ3) is 6.45. The third-order valence-corrected chi connectivity index (χ3v) is 2.38. The Balaban J connectivity index is 2.40. The molecule has 108 valence electrons. The lowest BCUT2D eigenvalue weighted by atomic mass is 10.1. The second kappa shape index (κ2) is 7.35. The van der Waals surface area contributed by atoms with E-state index in [4.69, 9.17) is 10.5 Å².